The number of rotatable bonds is 6. The molecule has 96 valence electrons. The number of hydrogen-bond donors (Lipinski definition) is 2. The lowest BCUT2D eigenvalue weighted by atomic mass is 9.78. The van der Waals surface area contributed by atoms with Crippen LogP contribution < -0.4 is 5.32 Å². The van der Waals surface area contributed by atoms with Gasteiger partial charge in [0, 0.05) is 6.54 Å². The van der Waals surface area contributed by atoms with Gasteiger partial charge in [0.15, 0.2) is 0 Å². The van der Waals surface area contributed by atoms with E-state index in [0.29, 0.717) is 0 Å². The molecule has 0 aromatic carbocycles. The number of nitrogens with one attached hydrogen (secondary N) is 1. The summed E-state index contributed by atoms with van der Waals surface area (Å²) in [5.74, 6) is 1.61. The summed E-state index contributed by atoms with van der Waals surface area (Å²) in [6.45, 7) is 8.56. The average molecular weight is 227 g/mol. The molecule has 0 aromatic rings. The normalized spacial score (nSPS) is 30.9. The van der Waals surface area contributed by atoms with Crippen molar-refractivity contribution in [2.45, 2.75) is 64.9 Å². The smallest absolute Gasteiger partial charge is 0.0771 e. The van der Waals surface area contributed by atoms with Gasteiger partial charge in [0.05, 0.1) is 5.60 Å². The molecule has 0 heterocycles. The van der Waals surface area contributed by atoms with Crippen LogP contribution >= 0.6 is 0 Å². The third-order valence-electron chi connectivity index (χ3n) is 3.97. The van der Waals surface area contributed by atoms with Crippen LogP contribution in [0, 0.1) is 11.8 Å². The topological polar surface area (TPSA) is 32.3 Å². The predicted octanol–water partition coefficient (Wildman–Crippen LogP) is 2.95. The fraction of sp³-hybridized carbons (Fsp3) is 1.00. The minimum Gasteiger partial charge on any atom is -0.389 e. The van der Waals surface area contributed by atoms with E-state index >= 15 is 0 Å². The molecule has 0 bridgehead atoms. The molecule has 0 radical (unpaired) electrons. The predicted molar refractivity (Wildman–Crippen MR) is 69.5 cm³/mol. The molecule has 16 heavy (non-hydrogen) atoms. The van der Waals surface area contributed by atoms with E-state index in [1.54, 1.807) is 0 Å². The van der Waals surface area contributed by atoms with Gasteiger partial charge in [0.2, 0.25) is 0 Å². The van der Waals surface area contributed by atoms with Crippen molar-refractivity contribution in [1.82, 2.24) is 5.32 Å². The summed E-state index contributed by atoms with van der Waals surface area (Å²) in [6, 6.07) is 0. The monoisotopic (exact) mass is 227 g/mol. The van der Waals surface area contributed by atoms with Crippen molar-refractivity contribution in [3.63, 3.8) is 0 Å². The van der Waals surface area contributed by atoms with Gasteiger partial charge < -0.3 is 10.4 Å². The zero-order valence-electron chi connectivity index (χ0n) is 11.3. The van der Waals surface area contributed by atoms with Crippen LogP contribution in [-0.4, -0.2) is 23.8 Å². The molecular weight excluding hydrogens is 198 g/mol. The minimum atomic E-state index is -0.414. The lowest BCUT2D eigenvalue weighted by molar-refractivity contribution is -0.00858. The van der Waals surface area contributed by atoms with Crippen molar-refractivity contribution in [2.75, 3.05) is 13.1 Å². The quantitative estimate of drug-likeness (QED) is 0.684. The van der Waals surface area contributed by atoms with E-state index in [1.165, 1.54) is 25.7 Å². The van der Waals surface area contributed by atoms with E-state index in [1.807, 2.05) is 0 Å². The molecule has 0 saturated heterocycles. The highest BCUT2D eigenvalue weighted by Gasteiger charge is 2.31. The molecule has 0 spiro atoms. The van der Waals surface area contributed by atoms with Gasteiger partial charge in [0.25, 0.3) is 0 Å². The van der Waals surface area contributed by atoms with Crippen molar-refractivity contribution in [3.8, 4) is 0 Å². The maximum Gasteiger partial charge on any atom is 0.0771 e. The summed E-state index contributed by atoms with van der Waals surface area (Å²) in [4.78, 5) is 0. The van der Waals surface area contributed by atoms with Gasteiger partial charge in [-0.3, -0.25) is 0 Å². The van der Waals surface area contributed by atoms with Crippen LogP contribution in [0.2, 0.25) is 0 Å². The van der Waals surface area contributed by atoms with Crippen LogP contribution in [0.4, 0.5) is 0 Å². The summed E-state index contributed by atoms with van der Waals surface area (Å²) in [5.41, 5.74) is -0.414. The SMILES string of the molecule is CCC1CCC(O)(CNCCC(C)C)CC1. The van der Waals surface area contributed by atoms with Gasteiger partial charge in [-0.2, -0.15) is 0 Å². The molecule has 1 rings (SSSR count). The molecule has 2 N–H and O–H groups in total. The molecule has 2 nitrogen and oxygen atoms in total. The van der Waals surface area contributed by atoms with Gasteiger partial charge in [-0.25, -0.2) is 0 Å². The van der Waals surface area contributed by atoms with Crippen molar-refractivity contribution in [1.29, 1.82) is 0 Å². The highest BCUT2D eigenvalue weighted by atomic mass is 16.3. The molecular formula is C14H29NO. The van der Waals surface area contributed by atoms with Crippen LogP contribution in [-0.2, 0) is 0 Å². The Labute approximate surface area is 101 Å². The second-order valence-corrected chi connectivity index (χ2v) is 5.94. The highest BCUT2D eigenvalue weighted by Crippen LogP contribution is 2.33. The standard InChI is InChI=1S/C14H29NO/c1-4-13-5-8-14(16,9-6-13)11-15-10-7-12(2)3/h12-13,15-16H,4-11H2,1-3H3. The fourth-order valence-corrected chi connectivity index (χ4v) is 2.51. The Kier molecular flexibility index (Phi) is 5.77. The molecule has 0 atom stereocenters. The first-order valence-corrected chi connectivity index (χ1v) is 6.99. The van der Waals surface area contributed by atoms with Crippen molar-refractivity contribution in [3.05, 3.63) is 0 Å². The van der Waals surface area contributed by atoms with E-state index in [2.05, 4.69) is 26.1 Å². The zero-order chi connectivity index (χ0) is 12.0. The number of aliphatic hydroxyl groups is 1. The van der Waals surface area contributed by atoms with Crippen LogP contribution in [0.3, 0.4) is 0 Å². The van der Waals surface area contributed by atoms with E-state index in [-0.39, 0.29) is 0 Å². The first-order chi connectivity index (χ1) is 7.56. The maximum absolute atomic E-state index is 10.4. The highest BCUT2D eigenvalue weighted by molar-refractivity contribution is 4.86. The largest absolute Gasteiger partial charge is 0.389 e. The van der Waals surface area contributed by atoms with Crippen molar-refractivity contribution in [2.24, 2.45) is 11.8 Å². The van der Waals surface area contributed by atoms with Crippen LogP contribution in [0.1, 0.15) is 59.3 Å². The summed E-state index contributed by atoms with van der Waals surface area (Å²) >= 11 is 0. The van der Waals surface area contributed by atoms with E-state index in [0.717, 1.165) is 37.8 Å². The van der Waals surface area contributed by atoms with Gasteiger partial charge in [0.1, 0.15) is 0 Å². The van der Waals surface area contributed by atoms with E-state index in [9.17, 15) is 5.11 Å². The third-order valence-corrected chi connectivity index (χ3v) is 3.97. The van der Waals surface area contributed by atoms with Gasteiger partial charge in [-0.15, -0.1) is 0 Å². The van der Waals surface area contributed by atoms with Crippen molar-refractivity contribution >= 4 is 0 Å². The first-order valence-electron chi connectivity index (χ1n) is 6.99. The Morgan fingerprint density at radius 2 is 1.94 bits per heavy atom. The molecule has 1 aliphatic rings. The van der Waals surface area contributed by atoms with Crippen molar-refractivity contribution < 1.29 is 5.11 Å². The van der Waals surface area contributed by atoms with Gasteiger partial charge >= 0.3 is 0 Å². The van der Waals surface area contributed by atoms with Gasteiger partial charge in [-0.05, 0) is 50.5 Å². The summed E-state index contributed by atoms with van der Waals surface area (Å²) in [7, 11) is 0. The molecule has 1 saturated carbocycles. The van der Waals surface area contributed by atoms with E-state index < -0.39 is 5.60 Å². The summed E-state index contributed by atoms with van der Waals surface area (Å²) in [6.07, 6.45) is 6.86. The molecule has 0 unspecified atom stereocenters. The maximum atomic E-state index is 10.4. The lowest BCUT2D eigenvalue weighted by Gasteiger charge is -2.36. The minimum absolute atomic E-state index is 0.414. The average Bonchev–Trinajstić information content (AvgIpc) is 2.26. The Morgan fingerprint density at radius 1 is 1.31 bits per heavy atom. The molecule has 0 aliphatic heterocycles. The Hall–Kier alpha value is -0.0800. The van der Waals surface area contributed by atoms with Gasteiger partial charge in [-0.1, -0.05) is 27.2 Å². The Balaban J connectivity index is 2.16. The fourth-order valence-electron chi connectivity index (χ4n) is 2.51. The summed E-state index contributed by atoms with van der Waals surface area (Å²) < 4.78 is 0. The lowest BCUT2D eigenvalue weighted by Crippen LogP contribution is -2.43. The summed E-state index contributed by atoms with van der Waals surface area (Å²) in [5, 5.41) is 13.8. The molecule has 1 fully saturated rings. The number of hydrogen-bond acceptors (Lipinski definition) is 2. The molecule has 2 heteroatoms. The molecule has 0 amide bonds. The Morgan fingerprint density at radius 3 is 2.44 bits per heavy atom. The molecule has 0 aromatic heterocycles. The third kappa shape index (κ3) is 4.84. The molecule has 1 aliphatic carbocycles. The van der Waals surface area contributed by atoms with Crippen LogP contribution in [0.25, 0.3) is 0 Å². The van der Waals surface area contributed by atoms with Crippen LogP contribution in [0.15, 0.2) is 0 Å². The zero-order valence-corrected chi connectivity index (χ0v) is 11.3. The first kappa shape index (κ1) is 14.0. The van der Waals surface area contributed by atoms with E-state index in [4.69, 9.17) is 0 Å². The second-order valence-electron chi connectivity index (χ2n) is 5.94. The Bertz CT molecular complexity index is 183. The van der Waals surface area contributed by atoms with Crippen LogP contribution in [0.5, 0.6) is 0 Å². The second kappa shape index (κ2) is 6.61.